The standard InChI is InChI=1S/C17H12Cl4N2O3/c18-9-2-1-3-10(19)15(9)12-7-14(26-23-12)8-4-5-13(24)11(6-8)22-17(25)16(20)21/h1-6,14,16,24H,7H2,(H,22,25). The van der Waals surface area contributed by atoms with E-state index in [2.05, 4.69) is 10.5 Å². The lowest BCUT2D eigenvalue weighted by Crippen LogP contribution is -2.18. The second-order valence-corrected chi connectivity index (χ2v) is 7.41. The minimum absolute atomic E-state index is 0.121. The zero-order valence-electron chi connectivity index (χ0n) is 13.0. The van der Waals surface area contributed by atoms with Crippen molar-refractivity contribution in [2.75, 3.05) is 5.32 Å². The molecule has 3 rings (SSSR count). The highest BCUT2D eigenvalue weighted by atomic mass is 35.5. The lowest BCUT2D eigenvalue weighted by Gasteiger charge is -2.13. The summed E-state index contributed by atoms with van der Waals surface area (Å²) in [6, 6.07) is 9.87. The Labute approximate surface area is 169 Å². The van der Waals surface area contributed by atoms with Crippen LogP contribution in [0.3, 0.4) is 0 Å². The Morgan fingerprint density at radius 2 is 1.92 bits per heavy atom. The van der Waals surface area contributed by atoms with Crippen LogP contribution in [0.15, 0.2) is 41.6 Å². The van der Waals surface area contributed by atoms with Crippen LogP contribution >= 0.6 is 46.4 Å². The Morgan fingerprint density at radius 3 is 2.58 bits per heavy atom. The van der Waals surface area contributed by atoms with Crippen LogP contribution in [0, 0.1) is 0 Å². The van der Waals surface area contributed by atoms with Gasteiger partial charge in [-0.15, -0.1) is 0 Å². The van der Waals surface area contributed by atoms with Crippen molar-refractivity contribution in [2.45, 2.75) is 17.4 Å². The van der Waals surface area contributed by atoms with E-state index in [4.69, 9.17) is 51.2 Å². The first kappa shape index (κ1) is 19.1. The molecule has 5 nitrogen and oxygen atoms in total. The summed E-state index contributed by atoms with van der Waals surface area (Å²) < 4.78 is 0. The molecule has 0 aromatic heterocycles. The van der Waals surface area contributed by atoms with E-state index in [0.29, 0.717) is 33.3 Å². The first-order valence-electron chi connectivity index (χ1n) is 7.46. The van der Waals surface area contributed by atoms with Crippen LogP contribution in [0.1, 0.15) is 23.7 Å². The Morgan fingerprint density at radius 1 is 1.23 bits per heavy atom. The number of nitrogens with zero attached hydrogens (tertiary/aromatic N) is 1. The van der Waals surface area contributed by atoms with Crippen molar-refractivity contribution < 1.29 is 14.7 Å². The molecule has 1 atom stereocenters. The van der Waals surface area contributed by atoms with Gasteiger partial charge in [0.05, 0.1) is 21.4 Å². The highest BCUT2D eigenvalue weighted by molar-refractivity contribution is 6.54. The number of nitrogens with one attached hydrogen (secondary N) is 1. The van der Waals surface area contributed by atoms with Crippen LogP contribution in [-0.4, -0.2) is 21.6 Å². The summed E-state index contributed by atoms with van der Waals surface area (Å²) in [5.41, 5.74) is 2.11. The SMILES string of the molecule is O=C(Nc1cc(C2CC(c3c(Cl)cccc3Cl)=NO2)ccc1O)C(Cl)Cl. The smallest absolute Gasteiger partial charge is 0.257 e. The van der Waals surface area contributed by atoms with Crippen molar-refractivity contribution in [2.24, 2.45) is 5.16 Å². The van der Waals surface area contributed by atoms with Gasteiger partial charge in [0, 0.05) is 12.0 Å². The largest absolute Gasteiger partial charge is 0.506 e. The fourth-order valence-corrected chi connectivity index (χ4v) is 3.24. The summed E-state index contributed by atoms with van der Waals surface area (Å²) in [5, 5.41) is 17.4. The lowest BCUT2D eigenvalue weighted by atomic mass is 9.99. The fraction of sp³-hybridized carbons (Fsp3) is 0.176. The van der Waals surface area contributed by atoms with Crippen molar-refractivity contribution >= 4 is 63.7 Å². The maximum Gasteiger partial charge on any atom is 0.257 e. The maximum absolute atomic E-state index is 11.6. The minimum Gasteiger partial charge on any atom is -0.506 e. The molecule has 0 fully saturated rings. The number of amides is 1. The number of hydrogen-bond acceptors (Lipinski definition) is 4. The van der Waals surface area contributed by atoms with Gasteiger partial charge < -0.3 is 15.3 Å². The van der Waals surface area contributed by atoms with Gasteiger partial charge in [0.15, 0.2) is 10.9 Å². The quantitative estimate of drug-likeness (QED) is 0.507. The van der Waals surface area contributed by atoms with Gasteiger partial charge in [-0.2, -0.15) is 0 Å². The molecule has 9 heteroatoms. The van der Waals surface area contributed by atoms with E-state index in [1.54, 1.807) is 30.3 Å². The molecule has 2 aromatic rings. The number of benzene rings is 2. The Kier molecular flexibility index (Phi) is 5.82. The summed E-state index contributed by atoms with van der Waals surface area (Å²) in [5.74, 6) is -0.766. The third kappa shape index (κ3) is 4.01. The number of carbonyl (C=O) groups excluding carboxylic acids is 1. The van der Waals surface area contributed by atoms with Gasteiger partial charge >= 0.3 is 0 Å². The molecule has 26 heavy (non-hydrogen) atoms. The molecule has 0 saturated carbocycles. The summed E-state index contributed by atoms with van der Waals surface area (Å²) >= 11 is 23.5. The van der Waals surface area contributed by atoms with Crippen LogP contribution in [0.2, 0.25) is 10.0 Å². The van der Waals surface area contributed by atoms with Crippen molar-refractivity contribution in [1.29, 1.82) is 0 Å². The summed E-state index contributed by atoms with van der Waals surface area (Å²) in [7, 11) is 0. The van der Waals surface area contributed by atoms with Crippen molar-refractivity contribution in [3.05, 3.63) is 57.6 Å². The molecule has 1 amide bonds. The number of phenols is 1. The number of hydrogen-bond donors (Lipinski definition) is 2. The fourth-order valence-electron chi connectivity index (χ4n) is 2.52. The third-order valence-electron chi connectivity index (χ3n) is 3.77. The van der Waals surface area contributed by atoms with E-state index in [0.717, 1.165) is 0 Å². The first-order chi connectivity index (χ1) is 12.4. The first-order valence-corrected chi connectivity index (χ1v) is 9.08. The average molecular weight is 434 g/mol. The van der Waals surface area contributed by atoms with E-state index < -0.39 is 16.8 Å². The molecule has 1 aliphatic heterocycles. The zero-order valence-corrected chi connectivity index (χ0v) is 16.1. The average Bonchev–Trinajstić information content (AvgIpc) is 3.06. The van der Waals surface area contributed by atoms with E-state index in [1.807, 2.05) is 0 Å². The summed E-state index contributed by atoms with van der Waals surface area (Å²) in [6.45, 7) is 0. The van der Waals surface area contributed by atoms with Crippen LogP contribution in [0.5, 0.6) is 5.75 Å². The van der Waals surface area contributed by atoms with Gasteiger partial charge in [0.1, 0.15) is 5.75 Å². The number of oxime groups is 1. The Hall–Kier alpha value is -1.66. The summed E-state index contributed by atoms with van der Waals surface area (Å²) in [4.78, 5) is 15.9. The Balaban J connectivity index is 1.81. The molecule has 0 radical (unpaired) electrons. The molecule has 1 heterocycles. The van der Waals surface area contributed by atoms with Gasteiger partial charge in [-0.3, -0.25) is 4.79 Å². The van der Waals surface area contributed by atoms with Gasteiger partial charge in [-0.25, -0.2) is 0 Å². The molecular weight excluding hydrogens is 422 g/mol. The number of phenolic OH excluding ortho intramolecular Hbond substituents is 1. The highest BCUT2D eigenvalue weighted by Gasteiger charge is 2.27. The van der Waals surface area contributed by atoms with Crippen LogP contribution in [-0.2, 0) is 9.63 Å². The van der Waals surface area contributed by atoms with E-state index in [1.165, 1.54) is 6.07 Å². The van der Waals surface area contributed by atoms with Crippen LogP contribution < -0.4 is 5.32 Å². The van der Waals surface area contributed by atoms with Crippen molar-refractivity contribution in [3.63, 3.8) is 0 Å². The normalized spacial score (nSPS) is 16.3. The van der Waals surface area contributed by atoms with Gasteiger partial charge in [0.25, 0.3) is 5.91 Å². The van der Waals surface area contributed by atoms with Gasteiger partial charge in [0.2, 0.25) is 0 Å². The molecule has 0 saturated heterocycles. The molecule has 0 spiro atoms. The minimum atomic E-state index is -1.25. The van der Waals surface area contributed by atoms with E-state index in [9.17, 15) is 9.90 Å². The van der Waals surface area contributed by atoms with Crippen LogP contribution in [0.4, 0.5) is 5.69 Å². The van der Waals surface area contributed by atoms with Gasteiger partial charge in [-0.05, 0) is 29.8 Å². The molecule has 136 valence electrons. The number of anilines is 1. The maximum atomic E-state index is 11.6. The second-order valence-electron chi connectivity index (χ2n) is 5.50. The monoisotopic (exact) mass is 432 g/mol. The predicted molar refractivity (Wildman–Crippen MR) is 104 cm³/mol. The summed E-state index contributed by atoms with van der Waals surface area (Å²) in [6.07, 6.45) is 0.00584. The zero-order chi connectivity index (χ0) is 18.8. The molecule has 2 aromatic carbocycles. The number of halogens is 4. The van der Waals surface area contributed by atoms with Gasteiger partial charge in [-0.1, -0.05) is 63.7 Å². The van der Waals surface area contributed by atoms with Crippen LogP contribution in [0.25, 0.3) is 0 Å². The number of alkyl halides is 2. The number of rotatable bonds is 4. The third-order valence-corrected chi connectivity index (χ3v) is 4.80. The second kappa shape index (κ2) is 7.92. The molecule has 0 aliphatic carbocycles. The molecular formula is C17H12Cl4N2O3. The van der Waals surface area contributed by atoms with E-state index >= 15 is 0 Å². The molecule has 1 unspecified atom stereocenters. The lowest BCUT2D eigenvalue weighted by molar-refractivity contribution is -0.114. The molecule has 1 aliphatic rings. The number of aromatic hydroxyl groups is 1. The predicted octanol–water partition coefficient (Wildman–Crippen LogP) is 5.31. The topological polar surface area (TPSA) is 70.9 Å². The van der Waals surface area contributed by atoms with Crippen molar-refractivity contribution in [3.8, 4) is 5.75 Å². The van der Waals surface area contributed by atoms with Crippen molar-refractivity contribution in [1.82, 2.24) is 0 Å². The molecule has 0 bridgehead atoms. The number of carbonyl (C=O) groups is 1. The Bertz CT molecular complexity index is 866. The highest BCUT2D eigenvalue weighted by Crippen LogP contribution is 2.36. The van der Waals surface area contributed by atoms with E-state index in [-0.39, 0.29) is 11.4 Å². The molecule has 2 N–H and O–H groups in total.